The first-order valence-electron chi connectivity index (χ1n) is 6.49. The number of allylic oxidation sites excluding steroid dienone is 1. The van der Waals surface area contributed by atoms with E-state index in [-0.39, 0.29) is 6.61 Å². The van der Waals surface area contributed by atoms with Crippen LogP contribution in [0.4, 0.5) is 5.69 Å². The van der Waals surface area contributed by atoms with Crippen LogP contribution in [0.2, 0.25) is 0 Å². The van der Waals surface area contributed by atoms with E-state index in [0.29, 0.717) is 0 Å². The smallest absolute Gasteiger partial charge is 0.0614 e. The number of aliphatic hydroxyl groups is 1. The molecule has 0 saturated heterocycles. The molecule has 1 aromatic carbocycles. The van der Waals surface area contributed by atoms with Gasteiger partial charge < -0.3 is 10.0 Å². The quantitative estimate of drug-likeness (QED) is 0.807. The zero-order valence-corrected chi connectivity index (χ0v) is 12.2. The summed E-state index contributed by atoms with van der Waals surface area (Å²) in [6.07, 6.45) is 3.95. The topological polar surface area (TPSA) is 23.5 Å². The van der Waals surface area contributed by atoms with Crippen molar-refractivity contribution in [2.45, 2.75) is 33.6 Å². The molecule has 1 N–H and O–H groups in total. The number of aryl methyl sites for hydroxylation is 2. The van der Waals surface area contributed by atoms with Crippen molar-refractivity contribution in [1.82, 2.24) is 0 Å². The molecule has 0 spiro atoms. The minimum atomic E-state index is 0.142. The van der Waals surface area contributed by atoms with Gasteiger partial charge in [-0.3, -0.25) is 0 Å². The van der Waals surface area contributed by atoms with Crippen molar-refractivity contribution in [2.75, 3.05) is 25.6 Å². The maximum atomic E-state index is 8.86. The molecule has 0 amide bonds. The van der Waals surface area contributed by atoms with Crippen LogP contribution in [0, 0.1) is 13.8 Å². The number of anilines is 1. The average Bonchev–Trinajstić information content (AvgIpc) is 2.27. The highest BCUT2D eigenvalue weighted by Gasteiger charge is 2.06. The third-order valence-electron chi connectivity index (χ3n) is 3.41. The Balaban J connectivity index is 2.87. The lowest BCUT2D eigenvalue weighted by molar-refractivity contribution is 0.341. The Morgan fingerprint density at radius 2 is 1.78 bits per heavy atom. The second-order valence-corrected chi connectivity index (χ2v) is 5.19. The zero-order valence-electron chi connectivity index (χ0n) is 12.2. The molecule has 0 aromatic heterocycles. The lowest BCUT2D eigenvalue weighted by atomic mass is 9.95. The van der Waals surface area contributed by atoms with Crippen LogP contribution in [0.15, 0.2) is 23.8 Å². The van der Waals surface area contributed by atoms with Crippen molar-refractivity contribution in [2.24, 2.45) is 0 Å². The van der Waals surface area contributed by atoms with Crippen molar-refractivity contribution in [3.05, 3.63) is 40.5 Å². The van der Waals surface area contributed by atoms with Crippen LogP contribution in [0.5, 0.6) is 0 Å². The van der Waals surface area contributed by atoms with E-state index in [0.717, 1.165) is 12.8 Å². The number of hydrogen-bond donors (Lipinski definition) is 1. The van der Waals surface area contributed by atoms with E-state index in [2.05, 4.69) is 51.9 Å². The van der Waals surface area contributed by atoms with Gasteiger partial charge in [0.1, 0.15) is 0 Å². The molecule has 0 radical (unpaired) electrons. The molecule has 2 heteroatoms. The van der Waals surface area contributed by atoms with Crippen LogP contribution in [-0.4, -0.2) is 25.8 Å². The number of aliphatic hydroxyl groups excluding tert-OH is 1. The van der Waals surface area contributed by atoms with Crippen LogP contribution in [-0.2, 0) is 6.42 Å². The predicted molar refractivity (Wildman–Crippen MR) is 79.4 cm³/mol. The summed E-state index contributed by atoms with van der Waals surface area (Å²) >= 11 is 0. The van der Waals surface area contributed by atoms with Crippen molar-refractivity contribution in [1.29, 1.82) is 0 Å². The molecule has 0 fully saturated rings. The van der Waals surface area contributed by atoms with Gasteiger partial charge in [-0.1, -0.05) is 11.6 Å². The molecule has 0 bridgehead atoms. The normalized spacial score (nSPS) is 11.8. The van der Waals surface area contributed by atoms with E-state index < -0.39 is 0 Å². The Morgan fingerprint density at radius 1 is 1.22 bits per heavy atom. The van der Waals surface area contributed by atoms with E-state index >= 15 is 0 Å². The molecule has 100 valence electrons. The molecule has 18 heavy (non-hydrogen) atoms. The molecule has 1 rings (SSSR count). The third kappa shape index (κ3) is 3.88. The van der Waals surface area contributed by atoms with Crippen LogP contribution in [0.3, 0.4) is 0 Å². The molecule has 1 aromatic rings. The summed E-state index contributed by atoms with van der Waals surface area (Å²) in [5.74, 6) is 0. The van der Waals surface area contributed by atoms with Gasteiger partial charge in [-0.25, -0.2) is 0 Å². The van der Waals surface area contributed by atoms with E-state index in [1.165, 1.54) is 28.0 Å². The predicted octanol–water partition coefficient (Wildman–Crippen LogP) is 3.24. The van der Waals surface area contributed by atoms with E-state index in [9.17, 15) is 0 Å². The Morgan fingerprint density at radius 3 is 2.22 bits per heavy atom. The Hall–Kier alpha value is -1.28. The van der Waals surface area contributed by atoms with Crippen molar-refractivity contribution in [3.63, 3.8) is 0 Å². The number of nitrogens with zero attached hydrogens (tertiary/aromatic N) is 1. The zero-order chi connectivity index (χ0) is 13.7. The van der Waals surface area contributed by atoms with Gasteiger partial charge in [-0.05, 0) is 62.4 Å². The summed E-state index contributed by atoms with van der Waals surface area (Å²) in [4.78, 5) is 2.14. The molecular formula is C16H25NO. The maximum Gasteiger partial charge on any atom is 0.0614 e. The van der Waals surface area contributed by atoms with Crippen molar-refractivity contribution < 1.29 is 5.11 Å². The van der Waals surface area contributed by atoms with Gasteiger partial charge in [0.2, 0.25) is 0 Å². The molecule has 0 heterocycles. The number of rotatable bonds is 5. The van der Waals surface area contributed by atoms with Crippen LogP contribution < -0.4 is 4.90 Å². The average molecular weight is 247 g/mol. The third-order valence-corrected chi connectivity index (χ3v) is 3.41. The van der Waals surface area contributed by atoms with Crippen molar-refractivity contribution >= 4 is 5.69 Å². The highest BCUT2D eigenvalue weighted by molar-refractivity contribution is 5.53. The molecule has 0 aliphatic carbocycles. The first-order chi connectivity index (χ1) is 8.45. The fourth-order valence-corrected chi connectivity index (χ4v) is 2.20. The SMILES string of the molecule is CC(=CCO)CCc1c(C)cc(N(C)C)cc1C. The van der Waals surface area contributed by atoms with Gasteiger partial charge in [0, 0.05) is 19.8 Å². The van der Waals surface area contributed by atoms with Gasteiger partial charge in [0.05, 0.1) is 6.61 Å². The Bertz CT molecular complexity index is 410. The molecule has 0 aliphatic rings. The second-order valence-electron chi connectivity index (χ2n) is 5.19. The first kappa shape index (κ1) is 14.8. The van der Waals surface area contributed by atoms with Gasteiger partial charge in [0.25, 0.3) is 0 Å². The Labute approximate surface area is 111 Å². The summed E-state index contributed by atoms with van der Waals surface area (Å²) in [5, 5.41) is 8.86. The lowest BCUT2D eigenvalue weighted by Gasteiger charge is -2.18. The largest absolute Gasteiger partial charge is 0.392 e. The van der Waals surface area contributed by atoms with Crippen LogP contribution in [0.1, 0.15) is 30.0 Å². The molecule has 2 nitrogen and oxygen atoms in total. The fraction of sp³-hybridized carbons (Fsp3) is 0.500. The highest BCUT2D eigenvalue weighted by Crippen LogP contribution is 2.23. The summed E-state index contributed by atoms with van der Waals surface area (Å²) in [6, 6.07) is 4.49. The summed E-state index contributed by atoms with van der Waals surface area (Å²) < 4.78 is 0. The second kappa shape index (κ2) is 6.60. The lowest BCUT2D eigenvalue weighted by Crippen LogP contribution is -2.10. The highest BCUT2D eigenvalue weighted by atomic mass is 16.2. The van der Waals surface area contributed by atoms with E-state index in [4.69, 9.17) is 5.11 Å². The first-order valence-corrected chi connectivity index (χ1v) is 6.49. The minimum Gasteiger partial charge on any atom is -0.392 e. The van der Waals surface area contributed by atoms with Crippen LogP contribution in [0.25, 0.3) is 0 Å². The summed E-state index contributed by atoms with van der Waals surface area (Å²) in [6.45, 7) is 6.58. The van der Waals surface area contributed by atoms with Crippen molar-refractivity contribution in [3.8, 4) is 0 Å². The summed E-state index contributed by atoms with van der Waals surface area (Å²) in [5.41, 5.74) is 6.67. The monoisotopic (exact) mass is 247 g/mol. The van der Waals surface area contributed by atoms with Crippen LogP contribution >= 0.6 is 0 Å². The van der Waals surface area contributed by atoms with Gasteiger partial charge in [-0.15, -0.1) is 0 Å². The maximum absolute atomic E-state index is 8.86. The number of benzene rings is 1. The molecule has 0 unspecified atom stereocenters. The fourth-order valence-electron chi connectivity index (χ4n) is 2.20. The van der Waals surface area contributed by atoms with E-state index in [1.54, 1.807) is 0 Å². The minimum absolute atomic E-state index is 0.142. The molecular weight excluding hydrogens is 222 g/mol. The Kier molecular flexibility index (Phi) is 5.42. The summed E-state index contributed by atoms with van der Waals surface area (Å²) in [7, 11) is 4.14. The molecule has 0 saturated carbocycles. The van der Waals surface area contributed by atoms with Gasteiger partial charge in [-0.2, -0.15) is 0 Å². The standard InChI is InChI=1S/C16H25NO/c1-12(8-9-18)6-7-16-13(2)10-15(17(4)5)11-14(16)3/h8,10-11,18H,6-7,9H2,1-5H3. The van der Waals surface area contributed by atoms with Gasteiger partial charge in [0.15, 0.2) is 0 Å². The van der Waals surface area contributed by atoms with Gasteiger partial charge >= 0.3 is 0 Å². The van der Waals surface area contributed by atoms with E-state index in [1.807, 2.05) is 6.08 Å². The molecule has 0 aliphatic heterocycles. The molecule has 0 atom stereocenters. The number of hydrogen-bond acceptors (Lipinski definition) is 2.